The summed E-state index contributed by atoms with van der Waals surface area (Å²) in [6, 6.07) is 45.4. The lowest BCUT2D eigenvalue weighted by atomic mass is 9.82. The Balaban J connectivity index is 1.64. The number of carbonyl (C=O) groups is 1. The molecule has 178 valence electrons. The molecule has 0 unspecified atom stereocenters. The van der Waals surface area contributed by atoms with E-state index < -0.39 is 11.9 Å². The minimum atomic E-state index is -0.817. The topological polar surface area (TPSA) is 37.3 Å². The van der Waals surface area contributed by atoms with Crippen molar-refractivity contribution in [3.63, 3.8) is 0 Å². The molecule has 0 bridgehead atoms. The van der Waals surface area contributed by atoms with Crippen LogP contribution in [0, 0.1) is 0 Å². The minimum absolute atomic E-state index is 0.386. The van der Waals surface area contributed by atoms with Gasteiger partial charge in [-0.3, -0.25) is 4.79 Å². The number of benzene rings is 6. The van der Waals surface area contributed by atoms with Gasteiger partial charge in [0.15, 0.2) is 0 Å². The molecule has 0 aliphatic rings. The number of aliphatic carboxylic acids is 1. The second kappa shape index (κ2) is 9.75. The summed E-state index contributed by atoms with van der Waals surface area (Å²) in [6.45, 7) is 0. The monoisotopic (exact) mass is 478 g/mol. The second-order valence-electron chi connectivity index (χ2n) is 9.39. The standard InChI is InChI=1S/C35H26O2/c36-35(37)33(26-11-2-1-3-12-26)23-34-31(29-19-8-15-24-13-4-6-17-27(24)29)21-10-22-32(34)30-20-9-16-25-14-5-7-18-28(25)30/h1-22,33H,23H2,(H,36,37)/t33-/m1/s1. The van der Waals surface area contributed by atoms with E-state index in [0.717, 1.165) is 44.2 Å². The van der Waals surface area contributed by atoms with Crippen molar-refractivity contribution >= 4 is 27.5 Å². The van der Waals surface area contributed by atoms with Gasteiger partial charge in [0.05, 0.1) is 5.92 Å². The van der Waals surface area contributed by atoms with Crippen LogP contribution < -0.4 is 0 Å². The highest BCUT2D eigenvalue weighted by Crippen LogP contribution is 2.40. The normalized spacial score (nSPS) is 12.0. The zero-order valence-electron chi connectivity index (χ0n) is 20.3. The number of fused-ring (bicyclic) bond motifs is 2. The SMILES string of the molecule is O=C(O)[C@H](Cc1c(-c2cccc3ccccc23)cccc1-c1cccc2ccccc12)c1ccccc1. The summed E-state index contributed by atoms with van der Waals surface area (Å²) >= 11 is 0. The van der Waals surface area contributed by atoms with Crippen LogP contribution in [0.2, 0.25) is 0 Å². The van der Waals surface area contributed by atoms with Crippen LogP contribution in [0.15, 0.2) is 133 Å². The van der Waals surface area contributed by atoms with Crippen LogP contribution in [-0.4, -0.2) is 11.1 Å². The van der Waals surface area contributed by atoms with E-state index in [2.05, 4.69) is 103 Å². The summed E-state index contributed by atoms with van der Waals surface area (Å²) in [5, 5.41) is 15.0. The maximum absolute atomic E-state index is 12.6. The molecule has 0 amide bonds. The Morgan fingerprint density at radius 1 is 0.514 bits per heavy atom. The maximum atomic E-state index is 12.6. The van der Waals surface area contributed by atoms with E-state index in [4.69, 9.17) is 0 Å². The molecule has 0 saturated carbocycles. The van der Waals surface area contributed by atoms with E-state index in [1.807, 2.05) is 30.3 Å². The lowest BCUT2D eigenvalue weighted by molar-refractivity contribution is -0.138. The molecular weight excluding hydrogens is 452 g/mol. The minimum Gasteiger partial charge on any atom is -0.481 e. The van der Waals surface area contributed by atoms with Crippen molar-refractivity contribution in [2.75, 3.05) is 0 Å². The lowest BCUT2D eigenvalue weighted by Gasteiger charge is -2.21. The molecule has 0 aliphatic heterocycles. The van der Waals surface area contributed by atoms with Crippen LogP contribution in [0.4, 0.5) is 0 Å². The number of hydrogen-bond acceptors (Lipinski definition) is 1. The molecule has 0 saturated heterocycles. The number of rotatable bonds is 6. The molecular formula is C35H26O2. The summed E-state index contributed by atoms with van der Waals surface area (Å²) < 4.78 is 0. The molecule has 0 spiro atoms. The van der Waals surface area contributed by atoms with Gasteiger partial charge in [-0.1, -0.05) is 133 Å². The number of hydrogen-bond donors (Lipinski definition) is 1. The largest absolute Gasteiger partial charge is 0.481 e. The second-order valence-corrected chi connectivity index (χ2v) is 9.39. The number of carboxylic acids is 1. The molecule has 6 rings (SSSR count). The Labute approximate surface area is 216 Å². The van der Waals surface area contributed by atoms with Gasteiger partial charge in [0.25, 0.3) is 0 Å². The Morgan fingerprint density at radius 2 is 0.946 bits per heavy atom. The van der Waals surface area contributed by atoms with Gasteiger partial charge in [0.2, 0.25) is 0 Å². The van der Waals surface area contributed by atoms with Gasteiger partial charge in [0.1, 0.15) is 0 Å². The average molecular weight is 479 g/mol. The molecule has 37 heavy (non-hydrogen) atoms. The quantitative estimate of drug-likeness (QED) is 0.260. The van der Waals surface area contributed by atoms with Crippen LogP contribution in [0.3, 0.4) is 0 Å². The highest BCUT2D eigenvalue weighted by molar-refractivity contribution is 6.02. The third kappa shape index (κ3) is 4.28. The van der Waals surface area contributed by atoms with Crippen LogP contribution in [0.1, 0.15) is 17.0 Å². The van der Waals surface area contributed by atoms with Crippen molar-refractivity contribution in [2.45, 2.75) is 12.3 Å². The third-order valence-electron chi connectivity index (χ3n) is 7.24. The summed E-state index contributed by atoms with van der Waals surface area (Å²) in [7, 11) is 0. The molecule has 0 fully saturated rings. The van der Waals surface area contributed by atoms with Gasteiger partial charge in [-0.2, -0.15) is 0 Å². The van der Waals surface area contributed by atoms with Gasteiger partial charge in [-0.15, -0.1) is 0 Å². The average Bonchev–Trinajstić information content (AvgIpc) is 2.95. The van der Waals surface area contributed by atoms with E-state index in [1.165, 1.54) is 10.8 Å². The van der Waals surface area contributed by atoms with Gasteiger partial charge in [-0.05, 0) is 61.3 Å². The zero-order valence-corrected chi connectivity index (χ0v) is 20.3. The molecule has 0 radical (unpaired) electrons. The molecule has 6 aromatic carbocycles. The van der Waals surface area contributed by atoms with Crippen LogP contribution >= 0.6 is 0 Å². The van der Waals surface area contributed by atoms with E-state index in [-0.39, 0.29) is 0 Å². The molecule has 2 heteroatoms. The van der Waals surface area contributed by atoms with Crippen LogP contribution in [0.5, 0.6) is 0 Å². The Bertz CT molecular complexity index is 1630. The lowest BCUT2D eigenvalue weighted by Crippen LogP contribution is -2.15. The van der Waals surface area contributed by atoms with Crippen LogP contribution in [0.25, 0.3) is 43.8 Å². The Hall–Kier alpha value is -4.69. The first-order valence-corrected chi connectivity index (χ1v) is 12.6. The van der Waals surface area contributed by atoms with Gasteiger partial charge in [0, 0.05) is 0 Å². The van der Waals surface area contributed by atoms with Crippen molar-refractivity contribution < 1.29 is 9.90 Å². The molecule has 0 aliphatic carbocycles. The number of carboxylic acid groups (broad SMARTS) is 1. The Morgan fingerprint density at radius 3 is 1.49 bits per heavy atom. The predicted octanol–water partition coefficient (Wildman–Crippen LogP) is 8.74. The first-order chi connectivity index (χ1) is 18.2. The molecule has 2 nitrogen and oxygen atoms in total. The predicted molar refractivity (Wildman–Crippen MR) is 153 cm³/mol. The first kappa shape index (κ1) is 22.8. The molecule has 0 aromatic heterocycles. The van der Waals surface area contributed by atoms with E-state index in [0.29, 0.717) is 6.42 Å². The Kier molecular flexibility index (Phi) is 6.00. The summed E-state index contributed by atoms with van der Waals surface area (Å²) in [5.41, 5.74) is 6.24. The molecule has 6 aromatic rings. The van der Waals surface area contributed by atoms with Crippen molar-refractivity contribution in [1.82, 2.24) is 0 Å². The van der Waals surface area contributed by atoms with E-state index in [1.54, 1.807) is 0 Å². The van der Waals surface area contributed by atoms with Crippen molar-refractivity contribution in [3.8, 4) is 22.3 Å². The van der Waals surface area contributed by atoms with Crippen molar-refractivity contribution in [3.05, 3.63) is 145 Å². The highest BCUT2D eigenvalue weighted by atomic mass is 16.4. The van der Waals surface area contributed by atoms with Gasteiger partial charge < -0.3 is 5.11 Å². The summed E-state index contributed by atoms with van der Waals surface area (Å²) in [5.74, 6) is -1.48. The van der Waals surface area contributed by atoms with E-state index >= 15 is 0 Å². The van der Waals surface area contributed by atoms with Gasteiger partial charge >= 0.3 is 5.97 Å². The van der Waals surface area contributed by atoms with E-state index in [9.17, 15) is 9.90 Å². The van der Waals surface area contributed by atoms with Crippen LogP contribution in [-0.2, 0) is 11.2 Å². The van der Waals surface area contributed by atoms with Gasteiger partial charge in [-0.25, -0.2) is 0 Å². The third-order valence-corrected chi connectivity index (χ3v) is 7.24. The highest BCUT2D eigenvalue weighted by Gasteiger charge is 2.25. The zero-order chi connectivity index (χ0) is 25.2. The fourth-order valence-electron chi connectivity index (χ4n) is 5.47. The smallest absolute Gasteiger partial charge is 0.311 e. The summed E-state index contributed by atoms with van der Waals surface area (Å²) in [4.78, 5) is 12.6. The molecule has 0 heterocycles. The molecule has 1 atom stereocenters. The fourth-order valence-corrected chi connectivity index (χ4v) is 5.47. The summed E-state index contributed by atoms with van der Waals surface area (Å²) in [6.07, 6.45) is 0.386. The van der Waals surface area contributed by atoms with Crippen molar-refractivity contribution in [2.24, 2.45) is 0 Å². The molecule has 1 N–H and O–H groups in total. The first-order valence-electron chi connectivity index (χ1n) is 12.6. The maximum Gasteiger partial charge on any atom is 0.311 e. The van der Waals surface area contributed by atoms with Crippen molar-refractivity contribution in [1.29, 1.82) is 0 Å². The fraction of sp³-hybridized carbons (Fsp3) is 0.0571.